The van der Waals surface area contributed by atoms with Crippen molar-refractivity contribution in [2.24, 2.45) is 5.92 Å². The lowest BCUT2D eigenvalue weighted by molar-refractivity contribution is -0.141. The highest BCUT2D eigenvalue weighted by Gasteiger charge is 2.26. The fourth-order valence-corrected chi connectivity index (χ4v) is 2.55. The van der Waals surface area contributed by atoms with Gasteiger partial charge in [-0.2, -0.15) is 0 Å². The summed E-state index contributed by atoms with van der Waals surface area (Å²) in [6.07, 6.45) is 3.35. The summed E-state index contributed by atoms with van der Waals surface area (Å²) in [4.78, 5) is 13.2. The molecule has 0 amide bonds. The van der Waals surface area contributed by atoms with E-state index >= 15 is 0 Å². The third-order valence-corrected chi connectivity index (χ3v) is 3.49. The van der Waals surface area contributed by atoms with Crippen LogP contribution in [0.15, 0.2) is 28.9 Å². The lowest BCUT2D eigenvalue weighted by Crippen LogP contribution is -2.38. The number of carboxylic acids is 1. The van der Waals surface area contributed by atoms with Gasteiger partial charge in [-0.3, -0.25) is 4.79 Å². The number of benzene rings is 1. The van der Waals surface area contributed by atoms with Crippen molar-refractivity contribution in [3.05, 3.63) is 24.4 Å². The van der Waals surface area contributed by atoms with Gasteiger partial charge in [0.25, 0.3) is 0 Å². The quantitative estimate of drug-likeness (QED) is 0.879. The fraction of sp³-hybridized carbons (Fsp3) is 0.385. The molecule has 1 N–H and O–H groups in total. The van der Waals surface area contributed by atoms with E-state index < -0.39 is 5.97 Å². The number of rotatable bonds is 2. The first-order chi connectivity index (χ1) is 8.75. The third-order valence-electron chi connectivity index (χ3n) is 3.49. The molecule has 5 heteroatoms. The highest BCUT2D eigenvalue weighted by molar-refractivity contribution is 5.90. The molecule has 2 heterocycles. The molecule has 1 aromatic carbocycles. The van der Waals surface area contributed by atoms with Crippen LogP contribution in [0.3, 0.4) is 0 Å². The largest absolute Gasteiger partial charge is 0.481 e. The van der Waals surface area contributed by atoms with E-state index in [1.54, 1.807) is 6.20 Å². The molecule has 1 unspecified atom stereocenters. The Bertz CT molecular complexity index is 578. The van der Waals surface area contributed by atoms with Crippen LogP contribution in [0.1, 0.15) is 12.8 Å². The number of aromatic nitrogens is 1. The van der Waals surface area contributed by atoms with Crippen molar-refractivity contribution in [3.63, 3.8) is 0 Å². The van der Waals surface area contributed by atoms with Crippen molar-refractivity contribution in [3.8, 4) is 0 Å². The first-order valence-corrected chi connectivity index (χ1v) is 6.07. The molecule has 1 aliphatic heterocycles. The molecule has 1 fully saturated rings. The van der Waals surface area contributed by atoms with E-state index in [1.165, 1.54) is 0 Å². The van der Waals surface area contributed by atoms with E-state index in [9.17, 15) is 4.79 Å². The van der Waals surface area contributed by atoms with Crippen molar-refractivity contribution in [2.75, 3.05) is 18.0 Å². The minimum atomic E-state index is -0.711. The van der Waals surface area contributed by atoms with Gasteiger partial charge in [0.2, 0.25) is 0 Å². The second kappa shape index (κ2) is 4.33. The standard InChI is InChI=1S/C13H14N2O3/c16-13(17)9-3-2-6-15(8-9)11-4-1-5-12-10(11)7-14-18-12/h1,4-5,7,9H,2-3,6,8H2,(H,16,17). The van der Waals surface area contributed by atoms with Gasteiger partial charge >= 0.3 is 5.97 Å². The predicted molar refractivity (Wildman–Crippen MR) is 66.6 cm³/mol. The van der Waals surface area contributed by atoms with E-state index in [-0.39, 0.29) is 5.92 Å². The minimum Gasteiger partial charge on any atom is -0.481 e. The lowest BCUT2D eigenvalue weighted by atomic mass is 9.97. The van der Waals surface area contributed by atoms with Crippen LogP contribution in [0.5, 0.6) is 0 Å². The second-order valence-corrected chi connectivity index (χ2v) is 4.64. The van der Waals surface area contributed by atoms with Crippen LogP contribution in [0.4, 0.5) is 5.69 Å². The number of carboxylic acid groups (broad SMARTS) is 1. The molecular formula is C13H14N2O3. The van der Waals surface area contributed by atoms with Gasteiger partial charge in [-0.25, -0.2) is 0 Å². The minimum absolute atomic E-state index is 0.283. The van der Waals surface area contributed by atoms with Gasteiger partial charge in [-0.15, -0.1) is 0 Å². The molecule has 0 spiro atoms. The summed E-state index contributed by atoms with van der Waals surface area (Å²) in [6, 6.07) is 5.77. The predicted octanol–water partition coefficient (Wildman–Crippen LogP) is 2.13. The average molecular weight is 246 g/mol. The van der Waals surface area contributed by atoms with Crippen LogP contribution in [-0.4, -0.2) is 29.3 Å². The maximum Gasteiger partial charge on any atom is 0.308 e. The summed E-state index contributed by atoms with van der Waals surface area (Å²) in [5.74, 6) is -0.994. The maximum absolute atomic E-state index is 11.1. The molecular weight excluding hydrogens is 232 g/mol. The lowest BCUT2D eigenvalue weighted by Gasteiger charge is -2.32. The van der Waals surface area contributed by atoms with E-state index in [0.717, 1.165) is 36.0 Å². The highest BCUT2D eigenvalue weighted by atomic mass is 16.5. The second-order valence-electron chi connectivity index (χ2n) is 4.64. The van der Waals surface area contributed by atoms with E-state index in [4.69, 9.17) is 9.63 Å². The van der Waals surface area contributed by atoms with Crippen LogP contribution in [0, 0.1) is 5.92 Å². The summed E-state index contributed by atoms with van der Waals surface area (Å²) in [7, 11) is 0. The Kier molecular flexibility index (Phi) is 2.66. The van der Waals surface area contributed by atoms with Crippen molar-refractivity contribution in [1.29, 1.82) is 0 Å². The molecule has 0 radical (unpaired) electrons. The smallest absolute Gasteiger partial charge is 0.308 e. The van der Waals surface area contributed by atoms with Gasteiger partial charge in [0.1, 0.15) is 0 Å². The Morgan fingerprint density at radius 3 is 3.22 bits per heavy atom. The first kappa shape index (κ1) is 11.1. The van der Waals surface area contributed by atoms with Crippen LogP contribution < -0.4 is 4.90 Å². The highest BCUT2D eigenvalue weighted by Crippen LogP contribution is 2.30. The van der Waals surface area contributed by atoms with Crippen molar-refractivity contribution in [1.82, 2.24) is 5.16 Å². The summed E-state index contributed by atoms with van der Waals surface area (Å²) in [6.45, 7) is 1.44. The molecule has 94 valence electrons. The van der Waals surface area contributed by atoms with Gasteiger partial charge in [-0.05, 0) is 25.0 Å². The van der Waals surface area contributed by atoms with Crippen LogP contribution in [-0.2, 0) is 4.79 Å². The number of carbonyl (C=O) groups is 1. The van der Waals surface area contributed by atoms with E-state index in [2.05, 4.69) is 10.1 Å². The Morgan fingerprint density at radius 1 is 1.50 bits per heavy atom. The number of piperidine rings is 1. The number of nitrogens with zero attached hydrogens (tertiary/aromatic N) is 2. The zero-order valence-electron chi connectivity index (χ0n) is 9.87. The summed E-state index contributed by atoms with van der Waals surface area (Å²) in [5.41, 5.74) is 1.75. The topological polar surface area (TPSA) is 66.6 Å². The third kappa shape index (κ3) is 1.81. The summed E-state index contributed by atoms with van der Waals surface area (Å²) >= 11 is 0. The molecule has 3 rings (SSSR count). The average Bonchev–Trinajstić information content (AvgIpc) is 2.87. The zero-order chi connectivity index (χ0) is 12.5. The fourth-order valence-electron chi connectivity index (χ4n) is 2.55. The normalized spacial score (nSPS) is 20.2. The molecule has 0 aliphatic carbocycles. The Morgan fingerprint density at radius 2 is 2.39 bits per heavy atom. The number of hydrogen-bond acceptors (Lipinski definition) is 4. The van der Waals surface area contributed by atoms with Crippen molar-refractivity contribution >= 4 is 22.6 Å². The zero-order valence-corrected chi connectivity index (χ0v) is 9.87. The molecule has 1 aliphatic rings. The van der Waals surface area contributed by atoms with Gasteiger partial charge in [0, 0.05) is 18.8 Å². The SMILES string of the molecule is O=C(O)C1CCCN(c2cccc3oncc23)C1. The Labute approximate surface area is 104 Å². The summed E-state index contributed by atoms with van der Waals surface area (Å²) in [5, 5.41) is 13.9. The Hall–Kier alpha value is -2.04. The van der Waals surface area contributed by atoms with Crippen LogP contribution >= 0.6 is 0 Å². The molecule has 18 heavy (non-hydrogen) atoms. The number of anilines is 1. The molecule has 2 aromatic rings. The monoisotopic (exact) mass is 246 g/mol. The Balaban J connectivity index is 1.94. The van der Waals surface area contributed by atoms with Gasteiger partial charge in [0.05, 0.1) is 17.5 Å². The summed E-state index contributed by atoms with van der Waals surface area (Å²) < 4.78 is 5.13. The number of fused-ring (bicyclic) bond motifs is 1. The van der Waals surface area contributed by atoms with Gasteiger partial charge in [0.15, 0.2) is 5.58 Å². The van der Waals surface area contributed by atoms with E-state index in [0.29, 0.717) is 6.54 Å². The number of aliphatic carboxylic acids is 1. The van der Waals surface area contributed by atoms with Crippen molar-refractivity contribution in [2.45, 2.75) is 12.8 Å². The molecule has 1 atom stereocenters. The molecule has 5 nitrogen and oxygen atoms in total. The van der Waals surface area contributed by atoms with Gasteiger partial charge in [-0.1, -0.05) is 11.2 Å². The van der Waals surface area contributed by atoms with Crippen LogP contribution in [0.2, 0.25) is 0 Å². The van der Waals surface area contributed by atoms with Crippen LogP contribution in [0.25, 0.3) is 11.0 Å². The maximum atomic E-state index is 11.1. The van der Waals surface area contributed by atoms with E-state index in [1.807, 2.05) is 18.2 Å². The van der Waals surface area contributed by atoms with Crippen molar-refractivity contribution < 1.29 is 14.4 Å². The first-order valence-electron chi connectivity index (χ1n) is 6.07. The molecule has 0 bridgehead atoms. The molecule has 1 saturated heterocycles. The van der Waals surface area contributed by atoms with Gasteiger partial charge < -0.3 is 14.5 Å². The number of hydrogen-bond donors (Lipinski definition) is 1. The molecule has 0 saturated carbocycles. The molecule has 1 aromatic heterocycles.